The number of anilines is 2. The first kappa shape index (κ1) is 11.3. The molecule has 0 aliphatic heterocycles. The topological polar surface area (TPSA) is 61.6 Å². The number of hydrogen-bond donors (Lipinski definition) is 1. The van der Waals surface area contributed by atoms with Crippen molar-refractivity contribution in [2.24, 2.45) is 0 Å². The Morgan fingerprint density at radius 3 is 2.82 bits per heavy atom. The van der Waals surface area contributed by atoms with Crippen LogP contribution >= 0.6 is 11.6 Å². The third-order valence-corrected chi connectivity index (χ3v) is 2.20. The van der Waals surface area contributed by atoms with E-state index in [1.54, 1.807) is 6.07 Å². The fourth-order valence-corrected chi connectivity index (χ4v) is 1.39. The SMILES string of the molecule is N#Cc1cc(Nc2cc(Cl)ncn2)ccc1F. The van der Waals surface area contributed by atoms with Gasteiger partial charge >= 0.3 is 0 Å². The zero-order valence-electron chi connectivity index (χ0n) is 8.48. The molecule has 0 fully saturated rings. The Morgan fingerprint density at radius 2 is 2.12 bits per heavy atom. The average Bonchev–Trinajstić information content (AvgIpc) is 2.32. The van der Waals surface area contributed by atoms with E-state index in [1.165, 1.54) is 30.6 Å². The molecule has 1 heterocycles. The zero-order chi connectivity index (χ0) is 12.3. The molecule has 0 unspecified atom stereocenters. The van der Waals surface area contributed by atoms with E-state index in [0.717, 1.165) is 0 Å². The summed E-state index contributed by atoms with van der Waals surface area (Å²) < 4.78 is 13.1. The fourth-order valence-electron chi connectivity index (χ4n) is 1.24. The van der Waals surface area contributed by atoms with E-state index < -0.39 is 5.82 Å². The quantitative estimate of drug-likeness (QED) is 0.830. The third kappa shape index (κ3) is 2.68. The second-order valence-electron chi connectivity index (χ2n) is 3.16. The number of hydrogen-bond acceptors (Lipinski definition) is 4. The van der Waals surface area contributed by atoms with Gasteiger partial charge in [0.2, 0.25) is 0 Å². The van der Waals surface area contributed by atoms with Crippen molar-refractivity contribution >= 4 is 23.1 Å². The maximum absolute atomic E-state index is 13.1. The third-order valence-electron chi connectivity index (χ3n) is 1.99. The smallest absolute Gasteiger partial charge is 0.141 e. The summed E-state index contributed by atoms with van der Waals surface area (Å²) in [5.41, 5.74) is 0.521. The van der Waals surface area contributed by atoms with Crippen LogP contribution in [0.5, 0.6) is 0 Å². The van der Waals surface area contributed by atoms with E-state index in [2.05, 4.69) is 15.3 Å². The van der Waals surface area contributed by atoms with Gasteiger partial charge in [-0.1, -0.05) is 11.6 Å². The minimum atomic E-state index is -0.557. The highest BCUT2D eigenvalue weighted by molar-refractivity contribution is 6.29. The molecule has 0 bridgehead atoms. The summed E-state index contributed by atoms with van der Waals surface area (Å²) in [6.45, 7) is 0. The van der Waals surface area contributed by atoms with Crippen LogP contribution in [-0.4, -0.2) is 9.97 Å². The first-order valence-electron chi connectivity index (χ1n) is 4.63. The van der Waals surface area contributed by atoms with Gasteiger partial charge in [-0.2, -0.15) is 5.26 Å². The molecule has 0 saturated heterocycles. The Hall–Kier alpha value is -2.19. The van der Waals surface area contributed by atoms with Crippen LogP contribution in [0.3, 0.4) is 0 Å². The Kier molecular flexibility index (Phi) is 3.17. The molecule has 1 aromatic heterocycles. The molecule has 0 spiro atoms. The summed E-state index contributed by atoms with van der Waals surface area (Å²) in [4.78, 5) is 7.66. The van der Waals surface area contributed by atoms with Crippen molar-refractivity contribution in [2.45, 2.75) is 0 Å². The Bertz CT molecular complexity index is 594. The standard InChI is InChI=1S/C11H6ClFN4/c12-10-4-11(16-6-15-10)17-8-1-2-9(13)7(3-8)5-14/h1-4,6H,(H,15,16,17). The molecule has 84 valence electrons. The summed E-state index contributed by atoms with van der Waals surface area (Å²) in [5.74, 6) is -0.0840. The lowest BCUT2D eigenvalue weighted by Gasteiger charge is -2.05. The number of nitriles is 1. The van der Waals surface area contributed by atoms with Crippen LogP contribution < -0.4 is 5.32 Å². The van der Waals surface area contributed by atoms with Crippen LogP contribution in [0.15, 0.2) is 30.6 Å². The zero-order valence-corrected chi connectivity index (χ0v) is 9.24. The van der Waals surface area contributed by atoms with Crippen LogP contribution in [0.1, 0.15) is 5.56 Å². The van der Waals surface area contributed by atoms with Gasteiger partial charge in [0.05, 0.1) is 5.56 Å². The Morgan fingerprint density at radius 1 is 1.29 bits per heavy atom. The number of nitrogens with one attached hydrogen (secondary N) is 1. The van der Waals surface area contributed by atoms with Crippen LogP contribution in [0, 0.1) is 17.1 Å². The van der Waals surface area contributed by atoms with Gasteiger partial charge < -0.3 is 5.32 Å². The Balaban J connectivity index is 2.28. The van der Waals surface area contributed by atoms with Crippen molar-refractivity contribution in [1.29, 1.82) is 5.26 Å². The van der Waals surface area contributed by atoms with Crippen molar-refractivity contribution < 1.29 is 4.39 Å². The maximum atomic E-state index is 13.1. The van der Waals surface area contributed by atoms with Crippen LogP contribution in [0.2, 0.25) is 5.15 Å². The van der Waals surface area contributed by atoms with E-state index in [4.69, 9.17) is 16.9 Å². The van der Waals surface area contributed by atoms with Crippen LogP contribution in [0.4, 0.5) is 15.9 Å². The fraction of sp³-hybridized carbons (Fsp3) is 0. The molecule has 2 aromatic rings. The lowest BCUT2D eigenvalue weighted by atomic mass is 10.2. The van der Waals surface area contributed by atoms with E-state index in [0.29, 0.717) is 16.7 Å². The first-order valence-corrected chi connectivity index (χ1v) is 5.01. The van der Waals surface area contributed by atoms with Gasteiger partial charge in [-0.3, -0.25) is 0 Å². The maximum Gasteiger partial charge on any atom is 0.141 e. The molecule has 6 heteroatoms. The van der Waals surface area contributed by atoms with Gasteiger partial charge in [-0.25, -0.2) is 14.4 Å². The molecule has 0 saturated carbocycles. The van der Waals surface area contributed by atoms with Crippen molar-refractivity contribution in [3.05, 3.63) is 47.1 Å². The number of aromatic nitrogens is 2. The van der Waals surface area contributed by atoms with Crippen molar-refractivity contribution in [2.75, 3.05) is 5.32 Å². The van der Waals surface area contributed by atoms with Crippen LogP contribution in [0.25, 0.3) is 0 Å². The summed E-state index contributed by atoms with van der Waals surface area (Å²) >= 11 is 5.69. The minimum Gasteiger partial charge on any atom is -0.340 e. The van der Waals surface area contributed by atoms with E-state index >= 15 is 0 Å². The number of rotatable bonds is 2. The van der Waals surface area contributed by atoms with E-state index in [1.807, 2.05) is 0 Å². The number of benzene rings is 1. The molecule has 2 rings (SSSR count). The van der Waals surface area contributed by atoms with Crippen LogP contribution in [-0.2, 0) is 0 Å². The summed E-state index contributed by atoms with van der Waals surface area (Å²) in [6.07, 6.45) is 1.30. The monoisotopic (exact) mass is 248 g/mol. The number of halogens is 2. The molecule has 0 radical (unpaired) electrons. The molecule has 0 amide bonds. The molecule has 4 nitrogen and oxygen atoms in total. The van der Waals surface area contributed by atoms with Gasteiger partial charge in [0, 0.05) is 11.8 Å². The molecule has 17 heavy (non-hydrogen) atoms. The Labute approximate surface area is 102 Å². The lowest BCUT2D eigenvalue weighted by molar-refractivity contribution is 0.624. The molecule has 0 atom stereocenters. The first-order chi connectivity index (χ1) is 8.19. The summed E-state index contributed by atoms with van der Waals surface area (Å²) in [7, 11) is 0. The highest BCUT2D eigenvalue weighted by Crippen LogP contribution is 2.18. The molecular formula is C11H6ClFN4. The molecule has 0 aliphatic carbocycles. The molecule has 0 aliphatic rings. The second-order valence-corrected chi connectivity index (χ2v) is 3.54. The highest BCUT2D eigenvalue weighted by Gasteiger charge is 2.03. The predicted molar refractivity (Wildman–Crippen MR) is 61.4 cm³/mol. The summed E-state index contributed by atoms with van der Waals surface area (Å²) in [5, 5.41) is 11.9. The van der Waals surface area contributed by atoms with E-state index in [-0.39, 0.29) is 5.56 Å². The van der Waals surface area contributed by atoms with Gasteiger partial charge in [0.1, 0.15) is 29.2 Å². The van der Waals surface area contributed by atoms with Crippen molar-refractivity contribution in [3.63, 3.8) is 0 Å². The minimum absolute atomic E-state index is 0.0323. The molecule has 1 aromatic carbocycles. The average molecular weight is 249 g/mol. The number of nitrogens with zero attached hydrogens (tertiary/aromatic N) is 3. The molecular weight excluding hydrogens is 243 g/mol. The van der Waals surface area contributed by atoms with Gasteiger partial charge in [-0.15, -0.1) is 0 Å². The van der Waals surface area contributed by atoms with Crippen molar-refractivity contribution in [3.8, 4) is 6.07 Å². The normalized spacial score (nSPS) is 9.71. The highest BCUT2D eigenvalue weighted by atomic mass is 35.5. The van der Waals surface area contributed by atoms with E-state index in [9.17, 15) is 4.39 Å². The summed E-state index contributed by atoms with van der Waals surface area (Å²) in [6, 6.07) is 7.40. The van der Waals surface area contributed by atoms with Crippen molar-refractivity contribution in [1.82, 2.24) is 9.97 Å². The van der Waals surface area contributed by atoms with Gasteiger partial charge in [0.25, 0.3) is 0 Å². The lowest BCUT2D eigenvalue weighted by Crippen LogP contribution is -1.95. The largest absolute Gasteiger partial charge is 0.340 e. The molecule has 1 N–H and O–H groups in total. The second kappa shape index (κ2) is 4.76. The predicted octanol–water partition coefficient (Wildman–Crippen LogP) is 2.88. The van der Waals surface area contributed by atoms with Gasteiger partial charge in [0.15, 0.2) is 0 Å². The van der Waals surface area contributed by atoms with Gasteiger partial charge in [-0.05, 0) is 18.2 Å².